The Morgan fingerprint density at radius 2 is 2.10 bits per heavy atom. The fourth-order valence-corrected chi connectivity index (χ4v) is 2.69. The third kappa shape index (κ3) is 2.12. The zero-order chi connectivity index (χ0) is 14.1. The van der Waals surface area contributed by atoms with E-state index >= 15 is 0 Å². The Labute approximate surface area is 122 Å². The maximum atomic E-state index is 4.09. The molecular weight excluding hydrogens is 262 g/mol. The molecule has 1 aromatic heterocycles. The lowest BCUT2D eigenvalue weighted by molar-refractivity contribution is 0.434. The summed E-state index contributed by atoms with van der Waals surface area (Å²) in [5.74, 6) is 1.12. The van der Waals surface area contributed by atoms with Crippen LogP contribution in [0.25, 0.3) is 5.70 Å². The third-order valence-corrected chi connectivity index (χ3v) is 3.68. The van der Waals surface area contributed by atoms with Gasteiger partial charge in [-0.25, -0.2) is 4.68 Å². The largest absolute Gasteiger partial charge is 0.340 e. The maximum absolute atomic E-state index is 4.09. The van der Waals surface area contributed by atoms with E-state index in [0.717, 1.165) is 18.1 Å². The number of rotatable bonds is 3. The molecule has 5 nitrogen and oxygen atoms in total. The second kappa shape index (κ2) is 4.94. The molecule has 0 spiro atoms. The van der Waals surface area contributed by atoms with Crippen LogP contribution in [0, 0.1) is 0 Å². The second-order valence-corrected chi connectivity index (χ2v) is 5.00. The molecule has 0 saturated heterocycles. The number of nitrogens with zero attached hydrogens (tertiary/aromatic N) is 4. The summed E-state index contributed by atoms with van der Waals surface area (Å²) in [6.07, 6.45) is 9.93. The molecule has 0 saturated carbocycles. The molecule has 1 N–H and O–H groups in total. The lowest BCUT2D eigenvalue weighted by atomic mass is 10.1. The molecule has 0 amide bonds. The molecule has 5 heteroatoms. The van der Waals surface area contributed by atoms with Crippen molar-refractivity contribution in [1.29, 1.82) is 0 Å². The van der Waals surface area contributed by atoms with Gasteiger partial charge in [0.25, 0.3) is 0 Å². The Balaban J connectivity index is 1.77. The SMILES string of the molecule is C1=CCN2C(=C1)NC(c1ccccc1)=C2Cn1ccnn1. The minimum absolute atomic E-state index is 0.697. The molecule has 104 valence electrons. The predicted molar refractivity (Wildman–Crippen MR) is 80.4 cm³/mol. The summed E-state index contributed by atoms with van der Waals surface area (Å²) in [5.41, 5.74) is 3.53. The normalized spacial score (nSPS) is 16.8. The first-order valence-electron chi connectivity index (χ1n) is 6.96. The van der Waals surface area contributed by atoms with Crippen LogP contribution < -0.4 is 5.32 Å². The molecule has 0 atom stereocenters. The van der Waals surface area contributed by atoms with Crippen LogP contribution in [0.4, 0.5) is 0 Å². The van der Waals surface area contributed by atoms with Gasteiger partial charge >= 0.3 is 0 Å². The highest BCUT2D eigenvalue weighted by atomic mass is 15.4. The van der Waals surface area contributed by atoms with E-state index in [1.165, 1.54) is 11.3 Å². The van der Waals surface area contributed by atoms with E-state index in [1.54, 1.807) is 6.20 Å². The Kier molecular flexibility index (Phi) is 2.81. The van der Waals surface area contributed by atoms with Gasteiger partial charge in [0.15, 0.2) is 0 Å². The van der Waals surface area contributed by atoms with Crippen LogP contribution in [-0.2, 0) is 6.54 Å². The molecule has 0 fully saturated rings. The van der Waals surface area contributed by atoms with Crippen LogP contribution in [0.1, 0.15) is 5.56 Å². The highest BCUT2D eigenvalue weighted by Gasteiger charge is 2.27. The number of allylic oxidation sites excluding steroid dienone is 3. The van der Waals surface area contributed by atoms with Gasteiger partial charge in [0, 0.05) is 12.7 Å². The average molecular weight is 277 g/mol. The predicted octanol–water partition coefficient (Wildman–Crippen LogP) is 1.96. The number of hydrogen-bond donors (Lipinski definition) is 1. The van der Waals surface area contributed by atoms with E-state index in [-0.39, 0.29) is 0 Å². The molecule has 0 unspecified atom stereocenters. The summed E-state index contributed by atoms with van der Waals surface area (Å²) >= 11 is 0. The lowest BCUT2D eigenvalue weighted by Gasteiger charge is -2.23. The molecule has 1 aromatic carbocycles. The quantitative estimate of drug-likeness (QED) is 0.931. The van der Waals surface area contributed by atoms with E-state index < -0.39 is 0 Å². The summed E-state index contributed by atoms with van der Waals surface area (Å²) in [4.78, 5) is 2.28. The number of benzene rings is 1. The Hall–Kier alpha value is -2.82. The van der Waals surface area contributed by atoms with E-state index in [1.807, 2.05) is 16.9 Å². The highest BCUT2D eigenvalue weighted by Crippen LogP contribution is 2.31. The number of aromatic nitrogens is 3. The number of nitrogens with one attached hydrogen (secondary N) is 1. The van der Waals surface area contributed by atoms with Gasteiger partial charge in [-0.3, -0.25) is 0 Å². The van der Waals surface area contributed by atoms with Gasteiger partial charge in [-0.05, 0) is 11.6 Å². The first kappa shape index (κ1) is 12.0. The molecular formula is C16H15N5. The molecule has 0 bridgehead atoms. The van der Waals surface area contributed by atoms with Crippen LogP contribution in [0.15, 0.2) is 72.5 Å². The van der Waals surface area contributed by atoms with Gasteiger partial charge in [0.05, 0.1) is 24.1 Å². The minimum Gasteiger partial charge on any atom is -0.340 e. The number of hydrogen-bond acceptors (Lipinski definition) is 4. The Bertz CT molecular complexity index is 725. The molecule has 0 aliphatic carbocycles. The Morgan fingerprint density at radius 3 is 2.90 bits per heavy atom. The van der Waals surface area contributed by atoms with Crippen molar-refractivity contribution < 1.29 is 0 Å². The van der Waals surface area contributed by atoms with Crippen molar-refractivity contribution >= 4 is 5.70 Å². The van der Waals surface area contributed by atoms with E-state index in [0.29, 0.717) is 6.54 Å². The van der Waals surface area contributed by atoms with Crippen molar-refractivity contribution in [2.75, 3.05) is 6.54 Å². The summed E-state index contributed by atoms with van der Waals surface area (Å²) in [6.45, 7) is 1.57. The standard InChI is InChI=1S/C16H15N5/c1-2-6-13(7-3-1)16-14(12-20-11-9-17-19-20)21-10-5-4-8-15(21)18-16/h1-9,11,18H,10,12H2. The fourth-order valence-electron chi connectivity index (χ4n) is 2.69. The van der Waals surface area contributed by atoms with Crippen molar-refractivity contribution in [2.24, 2.45) is 0 Å². The Morgan fingerprint density at radius 1 is 1.19 bits per heavy atom. The monoisotopic (exact) mass is 277 g/mol. The van der Waals surface area contributed by atoms with Crippen molar-refractivity contribution in [3.63, 3.8) is 0 Å². The highest BCUT2D eigenvalue weighted by molar-refractivity contribution is 5.71. The summed E-state index contributed by atoms with van der Waals surface area (Å²) in [7, 11) is 0. The molecule has 2 aliphatic heterocycles. The maximum Gasteiger partial charge on any atom is 0.110 e. The molecule has 21 heavy (non-hydrogen) atoms. The van der Waals surface area contributed by atoms with Gasteiger partial charge < -0.3 is 10.2 Å². The number of fused-ring (bicyclic) bond motifs is 1. The van der Waals surface area contributed by atoms with Crippen molar-refractivity contribution in [3.05, 3.63) is 78.0 Å². The smallest absolute Gasteiger partial charge is 0.110 e. The summed E-state index contributed by atoms with van der Waals surface area (Å²) < 4.78 is 1.85. The second-order valence-electron chi connectivity index (χ2n) is 5.00. The van der Waals surface area contributed by atoms with E-state index in [4.69, 9.17) is 0 Å². The van der Waals surface area contributed by atoms with E-state index in [9.17, 15) is 0 Å². The molecule has 4 rings (SSSR count). The average Bonchev–Trinajstić information content (AvgIpc) is 3.17. The summed E-state index contributed by atoms with van der Waals surface area (Å²) in [6, 6.07) is 10.4. The van der Waals surface area contributed by atoms with Crippen LogP contribution in [-0.4, -0.2) is 26.4 Å². The molecule has 2 aromatic rings. The van der Waals surface area contributed by atoms with Crippen molar-refractivity contribution in [3.8, 4) is 0 Å². The van der Waals surface area contributed by atoms with Crippen LogP contribution in [0.2, 0.25) is 0 Å². The molecule has 2 aliphatic rings. The molecule has 0 radical (unpaired) electrons. The lowest BCUT2D eigenvalue weighted by Crippen LogP contribution is -2.25. The van der Waals surface area contributed by atoms with Crippen molar-refractivity contribution in [2.45, 2.75) is 6.54 Å². The van der Waals surface area contributed by atoms with Gasteiger partial charge in [0.2, 0.25) is 0 Å². The fraction of sp³-hybridized carbons (Fsp3) is 0.125. The molecule has 3 heterocycles. The zero-order valence-electron chi connectivity index (χ0n) is 11.5. The van der Waals surface area contributed by atoms with E-state index in [2.05, 4.69) is 63.0 Å². The first-order chi connectivity index (χ1) is 10.4. The van der Waals surface area contributed by atoms with Crippen molar-refractivity contribution in [1.82, 2.24) is 25.2 Å². The van der Waals surface area contributed by atoms with Crippen LogP contribution >= 0.6 is 0 Å². The van der Waals surface area contributed by atoms with Gasteiger partial charge in [-0.1, -0.05) is 47.7 Å². The van der Waals surface area contributed by atoms with Crippen LogP contribution in [0.3, 0.4) is 0 Å². The minimum atomic E-state index is 0.697. The van der Waals surface area contributed by atoms with Gasteiger partial charge in [-0.2, -0.15) is 0 Å². The first-order valence-corrected chi connectivity index (χ1v) is 6.96. The van der Waals surface area contributed by atoms with Gasteiger partial charge in [0.1, 0.15) is 5.82 Å². The zero-order valence-corrected chi connectivity index (χ0v) is 11.5. The van der Waals surface area contributed by atoms with Gasteiger partial charge in [-0.15, -0.1) is 5.10 Å². The third-order valence-electron chi connectivity index (χ3n) is 3.68. The topological polar surface area (TPSA) is 46.0 Å². The summed E-state index contributed by atoms with van der Waals surface area (Å²) in [5, 5.41) is 11.5. The van der Waals surface area contributed by atoms with Crippen LogP contribution in [0.5, 0.6) is 0 Å².